The highest BCUT2D eigenvalue weighted by atomic mass is 19.1. The number of aliphatic imine (C=N–C) groups is 1. The fourth-order valence-electron chi connectivity index (χ4n) is 7.41. The molecule has 1 aliphatic carbocycles. The van der Waals surface area contributed by atoms with Crippen molar-refractivity contribution >= 4 is 34.5 Å². The average molecular weight is 633 g/mol. The van der Waals surface area contributed by atoms with Gasteiger partial charge in [-0.1, -0.05) is 19.9 Å². The summed E-state index contributed by atoms with van der Waals surface area (Å²) in [6, 6.07) is 8.78. The largest absolute Gasteiger partial charge is 0.505 e. The zero-order valence-corrected chi connectivity index (χ0v) is 26.6. The Kier molecular flexibility index (Phi) is 7.26. The Hall–Kier alpha value is -5.06. The molecule has 1 fully saturated rings. The summed E-state index contributed by atoms with van der Waals surface area (Å²) in [6.07, 6.45) is 9.53. The number of hydrogen-bond acceptors (Lipinski definition) is 9. The highest BCUT2D eigenvalue weighted by Gasteiger charge is 2.39. The summed E-state index contributed by atoms with van der Waals surface area (Å²) in [6.45, 7) is 7.43. The first-order chi connectivity index (χ1) is 22.9. The number of carbonyl (C=O) groups is 1. The van der Waals surface area contributed by atoms with E-state index in [-0.39, 0.29) is 17.5 Å². The van der Waals surface area contributed by atoms with Gasteiger partial charge in [-0.3, -0.25) is 19.9 Å². The van der Waals surface area contributed by atoms with Gasteiger partial charge in [0.1, 0.15) is 11.5 Å². The van der Waals surface area contributed by atoms with E-state index in [1.807, 2.05) is 36.3 Å². The maximum atomic E-state index is 14.3. The number of phenols is 1. The number of hydrogen-bond donors (Lipinski definition) is 3. The first-order valence-electron chi connectivity index (χ1n) is 16.5. The second kappa shape index (κ2) is 11.6. The molecule has 0 radical (unpaired) electrons. The second-order valence-electron chi connectivity index (χ2n) is 13.1. The van der Waals surface area contributed by atoms with Crippen LogP contribution in [0.3, 0.4) is 0 Å². The number of nitrogens with zero attached hydrogens (tertiary/aromatic N) is 6. The quantitative estimate of drug-likeness (QED) is 0.224. The average Bonchev–Trinajstić information content (AvgIpc) is 3.73. The van der Waals surface area contributed by atoms with Gasteiger partial charge in [-0.15, -0.1) is 0 Å². The Morgan fingerprint density at radius 2 is 1.98 bits per heavy atom. The molecule has 0 saturated carbocycles. The molecule has 4 aromatic rings. The zero-order chi connectivity index (χ0) is 32.2. The summed E-state index contributed by atoms with van der Waals surface area (Å²) < 4.78 is 14.3. The predicted octanol–water partition coefficient (Wildman–Crippen LogP) is 5.92. The summed E-state index contributed by atoms with van der Waals surface area (Å²) in [4.78, 5) is 30.1. The number of aromatic hydroxyl groups is 1. The monoisotopic (exact) mass is 632 g/mol. The van der Waals surface area contributed by atoms with Crippen molar-refractivity contribution in [3.63, 3.8) is 0 Å². The standard InChI is InChI=1S/C36H37FN8O2/c1-3-21-13-33(46)29(37)14-25(21)22-4-5-24-30(12-22)41-42-36(24)45-19-28-27-16-38-9-6-23(27)26(15-31(28)43-45)35(47)32-17-40-34(18-39-32)44-10-7-20(2)8-11-44/h4-5,12-14,16-18,20,26,43,46H,3,6-11,15,19H2,1-2H3,(H,41,42). The van der Waals surface area contributed by atoms with Crippen molar-refractivity contribution in [3.8, 4) is 16.9 Å². The number of fused-ring (bicyclic) bond motifs is 2. The molecule has 2 aromatic heterocycles. The minimum absolute atomic E-state index is 0.0132. The molecule has 10 nitrogen and oxygen atoms in total. The summed E-state index contributed by atoms with van der Waals surface area (Å²) >= 11 is 0. The molecule has 11 heteroatoms. The van der Waals surface area contributed by atoms with Crippen LogP contribution in [-0.4, -0.2) is 63.4 Å². The van der Waals surface area contributed by atoms with Gasteiger partial charge in [0.15, 0.2) is 23.2 Å². The van der Waals surface area contributed by atoms with Crippen LogP contribution in [0.1, 0.15) is 55.6 Å². The summed E-state index contributed by atoms with van der Waals surface area (Å²) in [5, 5.41) is 20.6. The number of piperidine rings is 1. The Labute approximate surface area is 272 Å². The zero-order valence-electron chi connectivity index (χ0n) is 26.6. The lowest BCUT2D eigenvalue weighted by Gasteiger charge is -2.31. The van der Waals surface area contributed by atoms with Crippen LogP contribution in [0.2, 0.25) is 0 Å². The Morgan fingerprint density at radius 1 is 1.13 bits per heavy atom. The number of nitrogens with one attached hydrogen (secondary N) is 2. The maximum Gasteiger partial charge on any atom is 0.190 e. The molecule has 4 aliphatic rings. The summed E-state index contributed by atoms with van der Waals surface area (Å²) in [5.74, 6) is 0.958. The number of aromatic amines is 1. The van der Waals surface area contributed by atoms with Crippen LogP contribution < -0.4 is 15.3 Å². The van der Waals surface area contributed by atoms with E-state index in [1.54, 1.807) is 12.4 Å². The Bertz CT molecular complexity index is 1990. The number of allylic oxidation sites excluding steroid dienone is 1. The van der Waals surface area contributed by atoms with E-state index in [4.69, 9.17) is 0 Å². The predicted molar refractivity (Wildman–Crippen MR) is 180 cm³/mol. The molecule has 0 amide bonds. The molecule has 3 aliphatic heterocycles. The molecule has 3 N–H and O–H groups in total. The highest BCUT2D eigenvalue weighted by molar-refractivity contribution is 6.01. The van der Waals surface area contributed by atoms with E-state index in [1.165, 1.54) is 12.1 Å². The van der Waals surface area contributed by atoms with Crippen molar-refractivity contribution in [2.24, 2.45) is 16.8 Å². The number of Topliss-reactive ketones (excluding diaryl/α,β-unsaturated/α-hetero) is 1. The third kappa shape index (κ3) is 5.14. The van der Waals surface area contributed by atoms with Crippen molar-refractivity contribution < 1.29 is 14.3 Å². The van der Waals surface area contributed by atoms with E-state index >= 15 is 0 Å². The number of phenolic OH excluding ortho intramolecular Hbond substituents is 1. The van der Waals surface area contributed by atoms with Crippen molar-refractivity contribution in [1.29, 1.82) is 0 Å². The summed E-state index contributed by atoms with van der Waals surface area (Å²) in [7, 11) is 0. The Morgan fingerprint density at radius 3 is 2.77 bits per heavy atom. The number of dihydropyridines is 1. The molecule has 47 heavy (non-hydrogen) atoms. The van der Waals surface area contributed by atoms with Crippen LogP contribution in [-0.2, 0) is 6.42 Å². The lowest BCUT2D eigenvalue weighted by Crippen LogP contribution is -2.34. The molecule has 0 bridgehead atoms. The molecule has 1 atom stereocenters. The summed E-state index contributed by atoms with van der Waals surface area (Å²) in [5.41, 5.74) is 11.5. The van der Waals surface area contributed by atoms with Crippen LogP contribution in [0.4, 0.5) is 16.0 Å². The molecular weight excluding hydrogens is 595 g/mol. The number of hydrazine groups is 1. The lowest BCUT2D eigenvalue weighted by molar-refractivity contribution is 0.0929. The fourth-order valence-corrected chi connectivity index (χ4v) is 7.41. The fraction of sp³-hybridized carbons (Fsp3) is 0.361. The first-order valence-corrected chi connectivity index (χ1v) is 16.5. The molecule has 1 unspecified atom stereocenters. The first kappa shape index (κ1) is 29.3. The van der Waals surface area contributed by atoms with Gasteiger partial charge in [0.2, 0.25) is 0 Å². The van der Waals surface area contributed by atoms with Crippen molar-refractivity contribution in [3.05, 3.63) is 82.2 Å². The molecule has 1 saturated heterocycles. The number of anilines is 2. The molecule has 8 rings (SSSR count). The van der Waals surface area contributed by atoms with Gasteiger partial charge in [-0.25, -0.2) is 14.4 Å². The number of carbonyl (C=O) groups excluding carboxylic acids is 1. The van der Waals surface area contributed by atoms with Crippen LogP contribution in [0.15, 0.2) is 70.1 Å². The van der Waals surface area contributed by atoms with Crippen LogP contribution >= 0.6 is 0 Å². The molecule has 0 spiro atoms. The van der Waals surface area contributed by atoms with Crippen molar-refractivity contribution in [2.75, 3.05) is 36.1 Å². The minimum Gasteiger partial charge on any atom is -0.505 e. The van der Waals surface area contributed by atoms with E-state index in [2.05, 4.69) is 42.4 Å². The number of aryl methyl sites for hydroxylation is 1. The van der Waals surface area contributed by atoms with Gasteiger partial charge >= 0.3 is 0 Å². The second-order valence-corrected chi connectivity index (χ2v) is 13.1. The van der Waals surface area contributed by atoms with Crippen LogP contribution in [0, 0.1) is 17.7 Å². The smallest absolute Gasteiger partial charge is 0.190 e. The van der Waals surface area contributed by atoms with Gasteiger partial charge in [0.05, 0.1) is 30.4 Å². The Balaban J connectivity index is 1.04. The molecule has 5 heterocycles. The van der Waals surface area contributed by atoms with Crippen molar-refractivity contribution in [2.45, 2.75) is 46.0 Å². The van der Waals surface area contributed by atoms with E-state index < -0.39 is 5.82 Å². The van der Waals surface area contributed by atoms with E-state index in [0.29, 0.717) is 31.6 Å². The minimum atomic E-state index is -0.645. The van der Waals surface area contributed by atoms with Crippen LogP contribution in [0.25, 0.3) is 22.0 Å². The number of ketones is 1. The van der Waals surface area contributed by atoms with Gasteiger partial charge < -0.3 is 15.4 Å². The van der Waals surface area contributed by atoms with Crippen molar-refractivity contribution in [1.82, 2.24) is 25.6 Å². The number of H-pyrrole nitrogens is 1. The normalized spacial score (nSPS) is 19.8. The maximum absolute atomic E-state index is 14.3. The molecule has 2 aromatic carbocycles. The third-order valence-electron chi connectivity index (χ3n) is 10.2. The number of halogens is 1. The number of benzene rings is 2. The van der Waals surface area contributed by atoms with Gasteiger partial charge in [-0.05, 0) is 83.7 Å². The van der Waals surface area contributed by atoms with E-state index in [9.17, 15) is 14.3 Å². The van der Waals surface area contributed by atoms with Gasteiger partial charge in [0.25, 0.3) is 0 Å². The lowest BCUT2D eigenvalue weighted by atomic mass is 9.77. The third-order valence-corrected chi connectivity index (χ3v) is 10.2. The van der Waals surface area contributed by atoms with Crippen LogP contribution in [0.5, 0.6) is 5.75 Å². The van der Waals surface area contributed by atoms with E-state index in [0.717, 1.165) is 99.9 Å². The SMILES string of the molecule is CCc1cc(O)c(F)cc1-c1ccc2c(N3CC4=C(CC(C(=O)c5cnc(N6CCC(C)CC6)cn5)C5=C4C=NCC5)N3)n[nH]c2c1. The number of aromatic nitrogens is 4. The molecule has 240 valence electrons. The number of rotatable bonds is 6. The topological polar surface area (TPSA) is 123 Å². The van der Waals surface area contributed by atoms with Gasteiger partial charge in [0, 0.05) is 48.9 Å². The van der Waals surface area contributed by atoms with Gasteiger partial charge in [-0.2, -0.15) is 5.10 Å². The highest BCUT2D eigenvalue weighted by Crippen LogP contribution is 2.42. The molecular formula is C36H37FN8O2.